The van der Waals surface area contributed by atoms with Crippen LogP contribution in [0.15, 0.2) is 30.3 Å². The molecule has 0 aliphatic carbocycles. The van der Waals surface area contributed by atoms with Crippen LogP contribution in [0.3, 0.4) is 0 Å². The molecule has 23 heavy (non-hydrogen) atoms. The predicted molar refractivity (Wildman–Crippen MR) is 99.2 cm³/mol. The van der Waals surface area contributed by atoms with E-state index in [1.807, 2.05) is 37.3 Å². The predicted octanol–water partition coefficient (Wildman–Crippen LogP) is 2.92. The van der Waals surface area contributed by atoms with E-state index < -0.39 is 12.0 Å². The van der Waals surface area contributed by atoms with Crippen molar-refractivity contribution in [3.05, 3.63) is 35.9 Å². The van der Waals surface area contributed by atoms with Crippen molar-refractivity contribution in [1.82, 2.24) is 5.32 Å². The molecule has 0 spiro atoms. The fourth-order valence-corrected chi connectivity index (χ4v) is 3.57. The molecule has 2 atom stereocenters. The molecule has 0 aliphatic heterocycles. The highest BCUT2D eigenvalue weighted by Crippen LogP contribution is 2.16. The van der Waals surface area contributed by atoms with E-state index in [1.54, 1.807) is 11.8 Å². The number of hydrogen-bond donors (Lipinski definition) is 2. The van der Waals surface area contributed by atoms with E-state index in [2.05, 4.69) is 12.2 Å². The van der Waals surface area contributed by atoms with E-state index in [9.17, 15) is 14.7 Å². The lowest BCUT2D eigenvalue weighted by atomic mass is 10.00. The van der Waals surface area contributed by atoms with Gasteiger partial charge in [0.1, 0.15) is 6.04 Å². The van der Waals surface area contributed by atoms with Crippen LogP contribution < -0.4 is 5.32 Å². The van der Waals surface area contributed by atoms with Crippen LogP contribution in [-0.4, -0.2) is 46.0 Å². The minimum atomic E-state index is -0.971. The second-order valence-corrected chi connectivity index (χ2v) is 7.74. The Bertz CT molecular complexity index is 482. The minimum absolute atomic E-state index is 0.168. The van der Waals surface area contributed by atoms with Gasteiger partial charge in [0.15, 0.2) is 0 Å². The molecule has 0 aromatic heterocycles. The van der Waals surface area contributed by atoms with Crippen LogP contribution in [0, 0.1) is 5.92 Å². The van der Waals surface area contributed by atoms with Gasteiger partial charge in [-0.1, -0.05) is 44.2 Å². The zero-order chi connectivity index (χ0) is 17.1. The number of aliphatic carboxylic acids is 1. The number of carbonyl (C=O) groups is 2. The molecule has 1 unspecified atom stereocenters. The SMILES string of the molecule is CCSCC(Cc1ccccc1)C(=O)N[C@@H](CSCC)C(=O)O. The van der Waals surface area contributed by atoms with E-state index in [4.69, 9.17) is 0 Å². The third-order valence-corrected chi connectivity index (χ3v) is 5.35. The Morgan fingerprint density at radius 3 is 2.26 bits per heavy atom. The maximum absolute atomic E-state index is 12.5. The Balaban J connectivity index is 2.71. The molecule has 0 saturated carbocycles. The van der Waals surface area contributed by atoms with Gasteiger partial charge in [0.2, 0.25) is 5.91 Å². The van der Waals surface area contributed by atoms with E-state index in [-0.39, 0.29) is 11.8 Å². The zero-order valence-electron chi connectivity index (χ0n) is 13.7. The van der Waals surface area contributed by atoms with Crippen molar-refractivity contribution in [3.63, 3.8) is 0 Å². The number of amides is 1. The van der Waals surface area contributed by atoms with Gasteiger partial charge < -0.3 is 10.4 Å². The van der Waals surface area contributed by atoms with Crippen LogP contribution in [0.5, 0.6) is 0 Å². The number of thioether (sulfide) groups is 2. The molecule has 0 aliphatic rings. The van der Waals surface area contributed by atoms with Crippen molar-refractivity contribution in [2.75, 3.05) is 23.0 Å². The highest BCUT2D eigenvalue weighted by atomic mass is 32.2. The van der Waals surface area contributed by atoms with Crippen LogP contribution in [0.25, 0.3) is 0 Å². The van der Waals surface area contributed by atoms with Crippen molar-refractivity contribution in [3.8, 4) is 0 Å². The summed E-state index contributed by atoms with van der Waals surface area (Å²) in [4.78, 5) is 23.8. The molecule has 0 bridgehead atoms. The highest BCUT2D eigenvalue weighted by molar-refractivity contribution is 7.99. The average Bonchev–Trinajstić information content (AvgIpc) is 2.55. The maximum Gasteiger partial charge on any atom is 0.327 e. The van der Waals surface area contributed by atoms with Gasteiger partial charge in [0.25, 0.3) is 0 Å². The fraction of sp³-hybridized carbons (Fsp3) is 0.529. The first-order valence-electron chi connectivity index (χ1n) is 7.81. The number of carboxylic acids is 1. The molecule has 1 aromatic rings. The molecule has 0 saturated heterocycles. The summed E-state index contributed by atoms with van der Waals surface area (Å²) >= 11 is 3.22. The maximum atomic E-state index is 12.5. The summed E-state index contributed by atoms with van der Waals surface area (Å²) in [5.74, 6) is 1.52. The molecule has 1 rings (SSSR count). The quantitative estimate of drug-likeness (QED) is 0.639. The van der Waals surface area contributed by atoms with Crippen molar-refractivity contribution < 1.29 is 14.7 Å². The highest BCUT2D eigenvalue weighted by Gasteiger charge is 2.25. The van der Waals surface area contributed by atoms with Gasteiger partial charge in [-0.3, -0.25) is 4.79 Å². The van der Waals surface area contributed by atoms with Gasteiger partial charge in [-0.2, -0.15) is 23.5 Å². The number of rotatable bonds is 11. The Morgan fingerprint density at radius 2 is 1.70 bits per heavy atom. The summed E-state index contributed by atoms with van der Waals surface area (Å²) in [6.45, 7) is 4.03. The van der Waals surface area contributed by atoms with Crippen LogP contribution in [0.4, 0.5) is 0 Å². The second kappa shape index (κ2) is 11.4. The summed E-state index contributed by atoms with van der Waals surface area (Å²) in [5, 5.41) is 12.0. The molecule has 128 valence electrons. The number of carbonyl (C=O) groups excluding carboxylic acids is 1. The van der Waals surface area contributed by atoms with Gasteiger partial charge >= 0.3 is 5.97 Å². The molecule has 0 fully saturated rings. The summed E-state index contributed by atoms with van der Waals surface area (Å²) in [7, 11) is 0. The van der Waals surface area contributed by atoms with Crippen LogP contribution in [0.2, 0.25) is 0 Å². The molecule has 0 heterocycles. The summed E-state index contributed by atoms with van der Waals surface area (Å²) in [5.41, 5.74) is 1.10. The summed E-state index contributed by atoms with van der Waals surface area (Å²) < 4.78 is 0. The number of benzene rings is 1. The molecule has 1 aromatic carbocycles. The summed E-state index contributed by atoms with van der Waals surface area (Å²) in [6.07, 6.45) is 0.632. The third kappa shape index (κ3) is 7.79. The van der Waals surface area contributed by atoms with Gasteiger partial charge in [-0.05, 0) is 23.5 Å². The van der Waals surface area contributed by atoms with Crippen LogP contribution >= 0.6 is 23.5 Å². The Hall–Kier alpha value is -1.14. The van der Waals surface area contributed by atoms with Gasteiger partial charge in [-0.15, -0.1) is 0 Å². The molecule has 2 N–H and O–H groups in total. The molecular formula is C17H25NO3S2. The molecule has 6 heteroatoms. The van der Waals surface area contributed by atoms with Crippen molar-refractivity contribution in [2.45, 2.75) is 26.3 Å². The minimum Gasteiger partial charge on any atom is -0.480 e. The standard InChI is InChI=1S/C17H25NO3S2/c1-3-22-11-14(10-13-8-6-5-7-9-13)16(19)18-15(17(20)21)12-23-4-2/h5-9,14-15H,3-4,10-12H2,1-2H3,(H,18,19)(H,20,21)/t14?,15-/m0/s1. The van der Waals surface area contributed by atoms with Crippen molar-refractivity contribution in [1.29, 1.82) is 0 Å². The Morgan fingerprint density at radius 1 is 1.09 bits per heavy atom. The topological polar surface area (TPSA) is 66.4 Å². The lowest BCUT2D eigenvalue weighted by Gasteiger charge is -2.20. The lowest BCUT2D eigenvalue weighted by molar-refractivity contribution is -0.141. The molecular weight excluding hydrogens is 330 g/mol. The van der Waals surface area contributed by atoms with Gasteiger partial charge in [0, 0.05) is 11.5 Å². The smallest absolute Gasteiger partial charge is 0.327 e. The first kappa shape index (κ1) is 19.9. The molecule has 1 amide bonds. The monoisotopic (exact) mass is 355 g/mol. The zero-order valence-corrected chi connectivity index (χ0v) is 15.3. The first-order valence-corrected chi connectivity index (χ1v) is 10.1. The molecule has 0 radical (unpaired) electrons. The van der Waals surface area contributed by atoms with Crippen molar-refractivity contribution in [2.24, 2.45) is 5.92 Å². The number of nitrogens with one attached hydrogen (secondary N) is 1. The normalized spacial score (nSPS) is 13.3. The summed E-state index contributed by atoms with van der Waals surface area (Å²) in [6, 6.07) is 9.03. The number of carboxylic acid groups (broad SMARTS) is 1. The van der Waals surface area contributed by atoms with E-state index in [0.717, 1.165) is 17.1 Å². The van der Waals surface area contributed by atoms with Crippen LogP contribution in [-0.2, 0) is 16.0 Å². The third-order valence-electron chi connectivity index (χ3n) is 3.32. The average molecular weight is 356 g/mol. The second-order valence-electron chi connectivity index (χ2n) is 5.10. The van der Waals surface area contributed by atoms with E-state index in [1.165, 1.54) is 11.8 Å². The van der Waals surface area contributed by atoms with Gasteiger partial charge in [-0.25, -0.2) is 4.79 Å². The van der Waals surface area contributed by atoms with Crippen LogP contribution in [0.1, 0.15) is 19.4 Å². The lowest BCUT2D eigenvalue weighted by Crippen LogP contribution is -2.46. The first-order chi connectivity index (χ1) is 11.1. The Labute approximate surface area is 146 Å². The Kier molecular flexibility index (Phi) is 9.87. The van der Waals surface area contributed by atoms with Crippen molar-refractivity contribution >= 4 is 35.4 Å². The van der Waals surface area contributed by atoms with E-state index in [0.29, 0.717) is 17.9 Å². The van der Waals surface area contributed by atoms with E-state index >= 15 is 0 Å². The fourth-order valence-electron chi connectivity index (χ4n) is 2.09. The van der Waals surface area contributed by atoms with Gasteiger partial charge in [0.05, 0.1) is 5.92 Å². The molecule has 4 nitrogen and oxygen atoms in total. The largest absolute Gasteiger partial charge is 0.480 e. The number of hydrogen-bond acceptors (Lipinski definition) is 4.